The molecule has 1 aromatic carbocycles. The largest absolute Gasteiger partial charge is 0.378 e. The van der Waals surface area contributed by atoms with Gasteiger partial charge in [-0.3, -0.25) is 4.79 Å². The van der Waals surface area contributed by atoms with E-state index in [-0.39, 0.29) is 24.0 Å². The second-order valence-electron chi connectivity index (χ2n) is 9.83. The standard InChI is InChI=1S/C25H40N4O5S/c1-4-25(2,19-21-7-9-22(10-8-21)35(3,32)33)26-11-5-6-12-27-13-14-29(20-23(27)30)24(31)28-15-17-34-18-16-28/h7-10,26H,4-6,11-20H2,1-3H3. The smallest absolute Gasteiger partial charge is 0.320 e. The molecule has 1 aromatic rings. The first-order valence-corrected chi connectivity index (χ1v) is 14.4. The van der Waals surface area contributed by atoms with E-state index < -0.39 is 9.84 Å². The number of hydrogen-bond donors (Lipinski definition) is 1. The van der Waals surface area contributed by atoms with Gasteiger partial charge in [-0.05, 0) is 56.8 Å². The molecule has 2 aliphatic heterocycles. The van der Waals surface area contributed by atoms with E-state index >= 15 is 0 Å². The second kappa shape index (κ2) is 12.2. The summed E-state index contributed by atoms with van der Waals surface area (Å²) in [7, 11) is -3.18. The number of morpholine rings is 1. The maximum absolute atomic E-state index is 12.6. The molecule has 0 aliphatic carbocycles. The molecule has 0 bridgehead atoms. The van der Waals surface area contributed by atoms with Crippen molar-refractivity contribution in [2.24, 2.45) is 0 Å². The molecule has 3 rings (SSSR count). The minimum absolute atomic E-state index is 0.0155. The van der Waals surface area contributed by atoms with E-state index in [1.165, 1.54) is 6.26 Å². The molecule has 1 N–H and O–H groups in total. The Balaban J connectivity index is 1.37. The van der Waals surface area contributed by atoms with Crippen molar-refractivity contribution in [3.8, 4) is 0 Å². The second-order valence-corrected chi connectivity index (χ2v) is 11.8. The van der Waals surface area contributed by atoms with Crippen LogP contribution in [0.2, 0.25) is 0 Å². The molecule has 0 spiro atoms. The van der Waals surface area contributed by atoms with Crippen LogP contribution in [0.25, 0.3) is 0 Å². The normalized spacial score (nSPS) is 19.1. The maximum atomic E-state index is 12.6. The average molecular weight is 509 g/mol. The van der Waals surface area contributed by atoms with E-state index in [1.54, 1.807) is 21.9 Å². The fourth-order valence-corrected chi connectivity index (χ4v) is 5.13. The van der Waals surface area contributed by atoms with Gasteiger partial charge in [0, 0.05) is 44.5 Å². The lowest BCUT2D eigenvalue weighted by atomic mass is 9.90. The highest BCUT2D eigenvalue weighted by atomic mass is 32.2. The van der Waals surface area contributed by atoms with Crippen molar-refractivity contribution < 1.29 is 22.7 Å². The van der Waals surface area contributed by atoms with E-state index in [0.717, 1.165) is 37.8 Å². The third kappa shape index (κ3) is 7.91. The van der Waals surface area contributed by atoms with E-state index in [2.05, 4.69) is 19.2 Å². The molecule has 0 radical (unpaired) electrons. The van der Waals surface area contributed by atoms with Gasteiger partial charge in [-0.1, -0.05) is 19.1 Å². The molecule has 2 heterocycles. The Bertz CT molecular complexity index is 963. The third-order valence-electron chi connectivity index (χ3n) is 7.00. The molecule has 9 nitrogen and oxygen atoms in total. The zero-order valence-electron chi connectivity index (χ0n) is 21.3. The predicted molar refractivity (Wildman–Crippen MR) is 135 cm³/mol. The minimum atomic E-state index is -3.18. The number of carbonyl (C=O) groups excluding carboxylic acids is 2. The SMILES string of the molecule is CCC(C)(Cc1ccc(S(C)(=O)=O)cc1)NCCCCN1CCN(C(=O)N2CCOCC2)CC1=O. The summed E-state index contributed by atoms with van der Waals surface area (Å²) in [5.41, 5.74) is 1.01. The monoisotopic (exact) mass is 508 g/mol. The van der Waals surface area contributed by atoms with E-state index in [9.17, 15) is 18.0 Å². The Morgan fingerprint density at radius 2 is 1.74 bits per heavy atom. The molecule has 35 heavy (non-hydrogen) atoms. The van der Waals surface area contributed by atoms with Crippen molar-refractivity contribution >= 4 is 21.8 Å². The van der Waals surface area contributed by atoms with Crippen molar-refractivity contribution in [3.63, 3.8) is 0 Å². The molecule has 0 saturated carbocycles. The van der Waals surface area contributed by atoms with Crippen LogP contribution in [0.4, 0.5) is 4.79 Å². The van der Waals surface area contributed by atoms with Gasteiger partial charge in [0.25, 0.3) is 0 Å². The topological polar surface area (TPSA) is 99.3 Å². The maximum Gasteiger partial charge on any atom is 0.320 e. The summed E-state index contributed by atoms with van der Waals surface area (Å²) in [6.45, 7) is 9.47. The summed E-state index contributed by atoms with van der Waals surface area (Å²) in [5, 5.41) is 3.66. The van der Waals surface area contributed by atoms with Crippen molar-refractivity contribution in [2.45, 2.75) is 50.0 Å². The van der Waals surface area contributed by atoms with Gasteiger partial charge in [-0.15, -0.1) is 0 Å². The summed E-state index contributed by atoms with van der Waals surface area (Å²) in [5.74, 6) is 0.0155. The first-order chi connectivity index (χ1) is 16.6. The molecule has 196 valence electrons. The number of piperazine rings is 1. The van der Waals surface area contributed by atoms with Crippen molar-refractivity contribution in [1.29, 1.82) is 0 Å². The number of nitrogens with zero attached hydrogens (tertiary/aromatic N) is 3. The number of benzene rings is 1. The molecule has 1 atom stereocenters. The molecule has 2 saturated heterocycles. The summed E-state index contributed by atoms with van der Waals surface area (Å²) >= 11 is 0. The van der Waals surface area contributed by atoms with Crippen LogP contribution in [0.15, 0.2) is 29.2 Å². The quantitative estimate of drug-likeness (QED) is 0.484. The molecular weight excluding hydrogens is 468 g/mol. The Morgan fingerprint density at radius 1 is 1.06 bits per heavy atom. The number of nitrogens with one attached hydrogen (secondary N) is 1. The Labute approximate surface area is 209 Å². The Morgan fingerprint density at radius 3 is 2.34 bits per heavy atom. The fourth-order valence-electron chi connectivity index (χ4n) is 4.50. The highest BCUT2D eigenvalue weighted by molar-refractivity contribution is 7.90. The predicted octanol–water partition coefficient (Wildman–Crippen LogP) is 1.77. The van der Waals surface area contributed by atoms with Gasteiger partial charge >= 0.3 is 6.03 Å². The fraction of sp³-hybridized carbons (Fsp3) is 0.680. The van der Waals surface area contributed by atoms with Crippen molar-refractivity contribution in [3.05, 3.63) is 29.8 Å². The molecule has 2 fully saturated rings. The van der Waals surface area contributed by atoms with Crippen molar-refractivity contribution in [1.82, 2.24) is 20.0 Å². The van der Waals surface area contributed by atoms with Crippen LogP contribution >= 0.6 is 0 Å². The number of urea groups is 1. The Kier molecular flexibility index (Phi) is 9.54. The van der Waals surface area contributed by atoms with Gasteiger partial charge < -0.3 is 24.8 Å². The van der Waals surface area contributed by atoms with E-state index in [1.807, 2.05) is 17.0 Å². The molecular formula is C25H40N4O5S. The molecule has 1 unspecified atom stereocenters. The lowest BCUT2D eigenvalue weighted by Crippen LogP contribution is -2.57. The lowest BCUT2D eigenvalue weighted by molar-refractivity contribution is -0.135. The van der Waals surface area contributed by atoms with Crippen LogP contribution in [0.1, 0.15) is 38.7 Å². The minimum Gasteiger partial charge on any atom is -0.378 e. The van der Waals surface area contributed by atoms with Crippen LogP contribution in [0.3, 0.4) is 0 Å². The van der Waals surface area contributed by atoms with Gasteiger partial charge in [-0.25, -0.2) is 13.2 Å². The van der Waals surface area contributed by atoms with Crippen LogP contribution in [0.5, 0.6) is 0 Å². The number of hydrogen-bond acceptors (Lipinski definition) is 6. The third-order valence-corrected chi connectivity index (χ3v) is 8.13. The highest BCUT2D eigenvalue weighted by Crippen LogP contribution is 2.19. The Hall–Kier alpha value is -2.17. The molecule has 3 amide bonds. The molecule has 0 aromatic heterocycles. The summed E-state index contributed by atoms with van der Waals surface area (Å²) in [6, 6.07) is 7.07. The highest BCUT2D eigenvalue weighted by Gasteiger charge is 2.30. The summed E-state index contributed by atoms with van der Waals surface area (Å²) in [4.78, 5) is 30.8. The van der Waals surface area contributed by atoms with Crippen LogP contribution in [-0.2, 0) is 25.8 Å². The summed E-state index contributed by atoms with van der Waals surface area (Å²) < 4.78 is 28.6. The van der Waals surface area contributed by atoms with E-state index in [0.29, 0.717) is 50.8 Å². The van der Waals surface area contributed by atoms with Gasteiger partial charge in [0.2, 0.25) is 5.91 Å². The zero-order chi connectivity index (χ0) is 25.5. The van der Waals surface area contributed by atoms with Gasteiger partial charge in [-0.2, -0.15) is 0 Å². The lowest BCUT2D eigenvalue weighted by Gasteiger charge is -2.38. The van der Waals surface area contributed by atoms with Gasteiger partial charge in [0.05, 0.1) is 18.1 Å². The van der Waals surface area contributed by atoms with Crippen LogP contribution in [-0.4, -0.2) is 106 Å². The molecule has 2 aliphatic rings. The van der Waals surface area contributed by atoms with Gasteiger partial charge in [0.1, 0.15) is 6.54 Å². The number of amides is 3. The van der Waals surface area contributed by atoms with E-state index in [4.69, 9.17) is 4.74 Å². The average Bonchev–Trinajstić information content (AvgIpc) is 2.84. The molecule has 10 heteroatoms. The number of unbranched alkanes of at least 4 members (excludes halogenated alkanes) is 1. The number of sulfone groups is 1. The first-order valence-electron chi connectivity index (χ1n) is 12.5. The van der Waals surface area contributed by atoms with Crippen LogP contribution in [0, 0.1) is 0 Å². The summed E-state index contributed by atoms with van der Waals surface area (Å²) in [6.07, 6.45) is 4.82. The number of ether oxygens (including phenoxy) is 1. The van der Waals surface area contributed by atoms with Crippen LogP contribution < -0.4 is 5.32 Å². The number of carbonyl (C=O) groups is 2. The van der Waals surface area contributed by atoms with Crippen molar-refractivity contribution in [2.75, 3.05) is 65.3 Å². The first kappa shape index (κ1) is 27.4. The zero-order valence-corrected chi connectivity index (χ0v) is 22.1. The van der Waals surface area contributed by atoms with Gasteiger partial charge in [0.15, 0.2) is 9.84 Å². The number of rotatable bonds is 10.